The first-order chi connectivity index (χ1) is 9.85. The number of nitrogens with one attached hydrogen (secondary N) is 1. The number of nitrogens with zero attached hydrogens (tertiary/aromatic N) is 4. The second-order valence-electron chi connectivity index (χ2n) is 4.81. The van der Waals surface area contributed by atoms with E-state index in [4.69, 9.17) is 4.74 Å². The van der Waals surface area contributed by atoms with Crippen LogP contribution >= 0.6 is 0 Å². The van der Waals surface area contributed by atoms with Gasteiger partial charge in [0.25, 0.3) is 0 Å². The molecule has 0 unspecified atom stereocenters. The second-order valence-corrected chi connectivity index (χ2v) is 4.81. The molecule has 0 aliphatic carbocycles. The molecule has 2 heterocycles. The highest BCUT2D eigenvalue weighted by atomic mass is 16.5. The summed E-state index contributed by atoms with van der Waals surface area (Å²) < 4.78 is 5.18. The maximum Gasteiger partial charge on any atom is 0.201 e. The number of aromatic amines is 1. The maximum atomic E-state index is 5.18. The number of rotatable bonds is 4. The summed E-state index contributed by atoms with van der Waals surface area (Å²) in [5, 5.41) is 14.2. The summed E-state index contributed by atoms with van der Waals surface area (Å²) in [6.45, 7) is 2.82. The van der Waals surface area contributed by atoms with Gasteiger partial charge in [-0.15, -0.1) is 10.2 Å². The number of hydrogen-bond acceptors (Lipinski definition) is 5. The van der Waals surface area contributed by atoms with Crippen LogP contribution in [0.3, 0.4) is 0 Å². The van der Waals surface area contributed by atoms with Crippen molar-refractivity contribution in [1.82, 2.24) is 25.5 Å². The van der Waals surface area contributed by atoms with Gasteiger partial charge in [0.15, 0.2) is 0 Å². The van der Waals surface area contributed by atoms with E-state index in [9.17, 15) is 0 Å². The van der Waals surface area contributed by atoms with Crippen LogP contribution in [0.15, 0.2) is 30.3 Å². The molecule has 1 aliphatic heterocycles. The Bertz CT molecular complexity index is 576. The predicted octanol–water partition coefficient (Wildman–Crippen LogP) is 1.50. The number of H-pyrrole nitrogens is 1. The lowest BCUT2D eigenvalue weighted by atomic mass is 10.1. The molecule has 20 heavy (non-hydrogen) atoms. The normalized spacial score (nSPS) is 15.9. The van der Waals surface area contributed by atoms with Crippen LogP contribution in [0.2, 0.25) is 0 Å². The summed E-state index contributed by atoms with van der Waals surface area (Å²) >= 11 is 0. The maximum absolute atomic E-state index is 5.18. The molecule has 3 rings (SSSR count). The van der Waals surface area contributed by atoms with Crippen molar-refractivity contribution in [2.24, 2.45) is 0 Å². The van der Waals surface area contributed by atoms with Gasteiger partial charge in [0, 0.05) is 25.2 Å². The quantitative estimate of drug-likeness (QED) is 0.912. The number of hydrogen-bond donors (Lipinski definition) is 1. The Balaban J connectivity index is 1.65. The minimum absolute atomic E-state index is 0.699. The van der Waals surface area contributed by atoms with Crippen LogP contribution in [0.4, 0.5) is 0 Å². The fraction of sp³-hybridized carbons (Fsp3) is 0.357. The van der Waals surface area contributed by atoms with Crippen molar-refractivity contribution < 1.29 is 4.74 Å². The van der Waals surface area contributed by atoms with Crippen molar-refractivity contribution in [2.75, 3.05) is 20.2 Å². The molecular weight excluding hydrogens is 254 g/mol. The van der Waals surface area contributed by atoms with Gasteiger partial charge in [-0.2, -0.15) is 5.21 Å². The summed E-state index contributed by atoms with van der Waals surface area (Å²) in [5.41, 5.74) is 2.42. The molecule has 0 spiro atoms. The molecule has 1 aliphatic rings. The van der Waals surface area contributed by atoms with E-state index >= 15 is 0 Å². The standard InChI is InChI=1S/C14H17N5O/c1-20-13-6-4-11(5-7-13)9-19-8-2-3-12(10-19)14-15-17-18-16-14/h3-7H,2,8-10H2,1H3,(H,15,16,17,18). The van der Waals surface area contributed by atoms with Crippen LogP contribution in [-0.2, 0) is 6.54 Å². The van der Waals surface area contributed by atoms with Crippen molar-refractivity contribution in [3.05, 3.63) is 41.7 Å². The molecule has 6 heteroatoms. The van der Waals surface area contributed by atoms with Gasteiger partial charge in [-0.25, -0.2) is 0 Å². The molecule has 0 bridgehead atoms. The SMILES string of the molecule is COc1ccc(CN2CCC=C(c3nn[nH]n3)C2)cc1. The first kappa shape index (κ1) is 12.8. The van der Waals surface area contributed by atoms with Gasteiger partial charge in [0.2, 0.25) is 5.82 Å². The molecule has 1 aromatic heterocycles. The molecule has 0 amide bonds. The molecule has 0 radical (unpaired) electrons. The monoisotopic (exact) mass is 271 g/mol. The number of ether oxygens (including phenoxy) is 1. The van der Waals surface area contributed by atoms with Gasteiger partial charge in [-0.05, 0) is 29.3 Å². The third-order valence-electron chi connectivity index (χ3n) is 3.43. The second kappa shape index (κ2) is 5.83. The van der Waals surface area contributed by atoms with E-state index in [0.717, 1.165) is 37.4 Å². The Morgan fingerprint density at radius 1 is 1.30 bits per heavy atom. The van der Waals surface area contributed by atoms with Crippen molar-refractivity contribution in [1.29, 1.82) is 0 Å². The minimum atomic E-state index is 0.699. The van der Waals surface area contributed by atoms with Crippen molar-refractivity contribution in [3.8, 4) is 5.75 Å². The van der Waals surface area contributed by atoms with E-state index in [-0.39, 0.29) is 0 Å². The third kappa shape index (κ3) is 2.85. The minimum Gasteiger partial charge on any atom is -0.497 e. The van der Waals surface area contributed by atoms with Gasteiger partial charge in [-0.1, -0.05) is 18.2 Å². The van der Waals surface area contributed by atoms with E-state index in [2.05, 4.69) is 43.7 Å². The fourth-order valence-electron chi connectivity index (χ4n) is 2.39. The topological polar surface area (TPSA) is 66.9 Å². The lowest BCUT2D eigenvalue weighted by Gasteiger charge is -2.26. The first-order valence-corrected chi connectivity index (χ1v) is 6.63. The zero-order valence-electron chi connectivity index (χ0n) is 11.4. The van der Waals surface area contributed by atoms with Crippen LogP contribution in [0.5, 0.6) is 5.75 Å². The molecule has 1 N–H and O–H groups in total. The van der Waals surface area contributed by atoms with Gasteiger partial charge >= 0.3 is 0 Å². The highest BCUT2D eigenvalue weighted by molar-refractivity contribution is 5.61. The number of tetrazole rings is 1. The lowest BCUT2D eigenvalue weighted by molar-refractivity contribution is 0.296. The Labute approximate surface area is 117 Å². The summed E-state index contributed by atoms with van der Waals surface area (Å²) in [7, 11) is 1.68. The van der Waals surface area contributed by atoms with Crippen LogP contribution in [-0.4, -0.2) is 45.7 Å². The molecule has 0 saturated heterocycles. The van der Waals surface area contributed by atoms with Gasteiger partial charge in [0.1, 0.15) is 5.75 Å². The zero-order valence-corrected chi connectivity index (χ0v) is 11.4. The largest absolute Gasteiger partial charge is 0.497 e. The fourth-order valence-corrected chi connectivity index (χ4v) is 2.39. The van der Waals surface area contributed by atoms with Gasteiger partial charge in [-0.3, -0.25) is 4.90 Å². The highest BCUT2D eigenvalue weighted by Gasteiger charge is 2.16. The number of methoxy groups -OCH3 is 1. The molecule has 2 aromatic rings. The summed E-state index contributed by atoms with van der Waals surface area (Å²) in [5.74, 6) is 1.59. The van der Waals surface area contributed by atoms with Crippen molar-refractivity contribution >= 4 is 5.57 Å². The van der Waals surface area contributed by atoms with Gasteiger partial charge < -0.3 is 4.74 Å². The molecule has 0 fully saturated rings. The Hall–Kier alpha value is -2.21. The van der Waals surface area contributed by atoms with Crippen LogP contribution in [0, 0.1) is 0 Å². The average molecular weight is 271 g/mol. The van der Waals surface area contributed by atoms with Crippen LogP contribution < -0.4 is 4.74 Å². The Kier molecular flexibility index (Phi) is 3.73. The Morgan fingerprint density at radius 2 is 2.15 bits per heavy atom. The molecular formula is C14H17N5O. The number of benzene rings is 1. The van der Waals surface area contributed by atoms with E-state index in [0.29, 0.717) is 5.82 Å². The average Bonchev–Trinajstić information content (AvgIpc) is 3.03. The number of aromatic nitrogens is 4. The third-order valence-corrected chi connectivity index (χ3v) is 3.43. The van der Waals surface area contributed by atoms with E-state index in [1.165, 1.54) is 5.56 Å². The molecule has 104 valence electrons. The van der Waals surface area contributed by atoms with Crippen molar-refractivity contribution in [2.45, 2.75) is 13.0 Å². The summed E-state index contributed by atoms with van der Waals surface area (Å²) in [6.07, 6.45) is 3.20. The van der Waals surface area contributed by atoms with Crippen LogP contribution in [0.1, 0.15) is 17.8 Å². The lowest BCUT2D eigenvalue weighted by Crippen LogP contribution is -2.29. The van der Waals surface area contributed by atoms with Crippen LogP contribution in [0.25, 0.3) is 5.57 Å². The predicted molar refractivity (Wildman–Crippen MR) is 75.0 cm³/mol. The molecule has 1 aromatic carbocycles. The summed E-state index contributed by atoms with van der Waals surface area (Å²) in [6, 6.07) is 8.20. The van der Waals surface area contributed by atoms with E-state index in [1.54, 1.807) is 7.11 Å². The first-order valence-electron chi connectivity index (χ1n) is 6.63. The van der Waals surface area contributed by atoms with Gasteiger partial charge in [0.05, 0.1) is 7.11 Å². The molecule has 0 atom stereocenters. The van der Waals surface area contributed by atoms with Crippen molar-refractivity contribution in [3.63, 3.8) is 0 Å². The van der Waals surface area contributed by atoms with E-state index < -0.39 is 0 Å². The Morgan fingerprint density at radius 3 is 2.85 bits per heavy atom. The zero-order chi connectivity index (χ0) is 13.8. The molecule has 0 saturated carbocycles. The molecule has 6 nitrogen and oxygen atoms in total. The smallest absolute Gasteiger partial charge is 0.201 e. The highest BCUT2D eigenvalue weighted by Crippen LogP contribution is 2.19. The summed E-state index contributed by atoms with van der Waals surface area (Å²) in [4.78, 5) is 2.38. The van der Waals surface area contributed by atoms with E-state index in [1.807, 2.05) is 12.1 Å².